The largest absolute Gasteiger partial charge is 0.494 e. The molecule has 2 aromatic carbocycles. The number of carbonyl (C=O) groups excluding carboxylic acids is 1. The van der Waals surface area contributed by atoms with Crippen LogP contribution in [0.1, 0.15) is 53.3 Å². The topological polar surface area (TPSA) is 97.2 Å². The lowest BCUT2D eigenvalue weighted by Crippen LogP contribution is -2.46. The monoisotopic (exact) mass is 477 g/mol. The molecule has 2 N–H and O–H groups in total. The maximum atomic E-state index is 14.7. The molecule has 7 nitrogen and oxygen atoms in total. The Bertz CT molecular complexity index is 1340. The molecule has 1 aromatic heterocycles. The fourth-order valence-electron chi connectivity index (χ4n) is 4.66. The lowest BCUT2D eigenvalue weighted by molar-refractivity contribution is 0.0702. The fraction of sp³-hybridized carbons (Fsp3) is 0.346. The van der Waals surface area contributed by atoms with Gasteiger partial charge in [-0.3, -0.25) is 9.36 Å². The number of methoxy groups -OCH3 is 1. The van der Waals surface area contributed by atoms with Crippen molar-refractivity contribution >= 4 is 5.91 Å². The highest BCUT2D eigenvalue weighted by Gasteiger charge is 2.37. The van der Waals surface area contributed by atoms with Crippen molar-refractivity contribution in [2.24, 2.45) is 5.73 Å². The lowest BCUT2D eigenvalue weighted by Gasteiger charge is -2.30. The first kappa shape index (κ1) is 23.0. The van der Waals surface area contributed by atoms with E-state index in [-0.39, 0.29) is 34.9 Å². The van der Waals surface area contributed by atoms with Gasteiger partial charge in [-0.05, 0) is 56.0 Å². The molecule has 0 unspecified atom stereocenters. The highest BCUT2D eigenvalue weighted by atomic mass is 19.1. The predicted molar refractivity (Wildman–Crippen MR) is 125 cm³/mol. The highest BCUT2D eigenvalue weighted by Crippen LogP contribution is 2.45. The van der Waals surface area contributed by atoms with Crippen molar-refractivity contribution in [3.05, 3.63) is 65.0 Å². The highest BCUT2D eigenvalue weighted by molar-refractivity contribution is 5.95. The molecule has 1 aliphatic heterocycles. The van der Waals surface area contributed by atoms with Crippen molar-refractivity contribution in [1.29, 1.82) is 5.26 Å². The smallest absolute Gasteiger partial charge is 0.274 e. The standard InChI is InChI=1S/C26H25F2N5O2/c1-35-22-9-8-19(12-21(22)28)33-24(15-4-5-15)23(26(34)32-10-2-3-18(30)14-32)31-25(33)16-6-7-17(13-29)20(27)11-16/h6-9,11-12,15,18H,2-5,10,14,30H2,1H3/t18-/m1/s1. The van der Waals surface area contributed by atoms with E-state index in [1.165, 1.54) is 31.4 Å². The summed E-state index contributed by atoms with van der Waals surface area (Å²) in [5.41, 5.74) is 7.81. The number of imidazole rings is 1. The van der Waals surface area contributed by atoms with Crippen LogP contribution in [-0.2, 0) is 0 Å². The third-order valence-electron chi connectivity index (χ3n) is 6.57. The van der Waals surface area contributed by atoms with Gasteiger partial charge in [0.1, 0.15) is 17.7 Å². The Labute approximate surface area is 201 Å². The van der Waals surface area contributed by atoms with E-state index in [0.29, 0.717) is 35.9 Å². The second-order valence-corrected chi connectivity index (χ2v) is 9.06. The summed E-state index contributed by atoms with van der Waals surface area (Å²) in [6, 6.07) is 10.4. The Morgan fingerprint density at radius 1 is 1.17 bits per heavy atom. The van der Waals surface area contributed by atoms with Gasteiger partial charge in [0.05, 0.1) is 24.1 Å². The van der Waals surface area contributed by atoms with Crippen LogP contribution in [0.15, 0.2) is 36.4 Å². The van der Waals surface area contributed by atoms with Gasteiger partial charge in [-0.1, -0.05) is 0 Å². The van der Waals surface area contributed by atoms with Crippen molar-refractivity contribution < 1.29 is 18.3 Å². The number of ether oxygens (including phenoxy) is 1. The summed E-state index contributed by atoms with van der Waals surface area (Å²) in [4.78, 5) is 20.1. The SMILES string of the molecule is COc1ccc(-n2c(-c3ccc(C#N)c(F)c3)nc(C(=O)N3CCC[C@@H](N)C3)c2C2CC2)cc1F. The molecule has 0 spiro atoms. The molecule has 35 heavy (non-hydrogen) atoms. The molecule has 0 radical (unpaired) electrons. The molecule has 180 valence electrons. The number of piperidine rings is 1. The number of hydrogen-bond acceptors (Lipinski definition) is 5. The van der Waals surface area contributed by atoms with Crippen molar-refractivity contribution in [2.45, 2.75) is 37.6 Å². The van der Waals surface area contributed by atoms with E-state index in [9.17, 15) is 13.6 Å². The fourth-order valence-corrected chi connectivity index (χ4v) is 4.66. The van der Waals surface area contributed by atoms with Crippen LogP contribution in [0.4, 0.5) is 8.78 Å². The number of rotatable bonds is 5. The summed E-state index contributed by atoms with van der Waals surface area (Å²) < 4.78 is 36.1. The molecular weight excluding hydrogens is 452 g/mol. The van der Waals surface area contributed by atoms with Crippen LogP contribution in [0, 0.1) is 23.0 Å². The molecule has 1 saturated carbocycles. The lowest BCUT2D eigenvalue weighted by atomic mass is 10.1. The van der Waals surface area contributed by atoms with Gasteiger partial charge in [-0.15, -0.1) is 0 Å². The van der Waals surface area contributed by atoms with Gasteiger partial charge in [0, 0.05) is 36.7 Å². The number of nitriles is 1. The van der Waals surface area contributed by atoms with Crippen LogP contribution in [0.5, 0.6) is 5.75 Å². The first-order chi connectivity index (χ1) is 16.9. The summed E-state index contributed by atoms with van der Waals surface area (Å²) in [5.74, 6) is -1.02. The number of carbonyl (C=O) groups is 1. The third-order valence-corrected chi connectivity index (χ3v) is 6.57. The molecule has 5 rings (SSSR count). The number of benzene rings is 2. The summed E-state index contributed by atoms with van der Waals surface area (Å²) in [7, 11) is 1.38. The third kappa shape index (κ3) is 4.26. The quantitative estimate of drug-likeness (QED) is 0.596. The minimum absolute atomic E-state index is 0.0713. The first-order valence-electron chi connectivity index (χ1n) is 11.6. The predicted octanol–water partition coefficient (Wildman–Crippen LogP) is 4.14. The van der Waals surface area contributed by atoms with E-state index in [4.69, 9.17) is 20.7 Å². The number of nitrogens with zero attached hydrogens (tertiary/aromatic N) is 4. The van der Waals surface area contributed by atoms with Crippen LogP contribution in [0.3, 0.4) is 0 Å². The van der Waals surface area contributed by atoms with Crippen molar-refractivity contribution in [3.63, 3.8) is 0 Å². The zero-order valence-corrected chi connectivity index (χ0v) is 19.3. The van der Waals surface area contributed by atoms with Gasteiger partial charge in [0.25, 0.3) is 5.91 Å². The number of hydrogen-bond donors (Lipinski definition) is 1. The number of amides is 1. The Kier molecular flexibility index (Phi) is 5.99. The molecule has 1 saturated heterocycles. The molecule has 1 amide bonds. The summed E-state index contributed by atoms with van der Waals surface area (Å²) in [6.45, 7) is 1.02. The van der Waals surface area contributed by atoms with Gasteiger partial charge in [-0.2, -0.15) is 5.26 Å². The van der Waals surface area contributed by atoms with Crippen LogP contribution < -0.4 is 10.5 Å². The Morgan fingerprint density at radius 2 is 1.97 bits per heavy atom. The van der Waals surface area contributed by atoms with E-state index in [1.807, 2.05) is 6.07 Å². The second kappa shape index (κ2) is 9.12. The van der Waals surface area contributed by atoms with Crippen LogP contribution in [0.2, 0.25) is 0 Å². The maximum absolute atomic E-state index is 14.7. The normalized spacial score (nSPS) is 17.8. The Morgan fingerprint density at radius 3 is 2.60 bits per heavy atom. The molecule has 2 aliphatic rings. The summed E-state index contributed by atoms with van der Waals surface area (Å²) in [5, 5.41) is 9.14. The van der Waals surface area contributed by atoms with Crippen molar-refractivity contribution in [2.75, 3.05) is 20.2 Å². The van der Waals surface area contributed by atoms with Gasteiger partial charge in [-0.25, -0.2) is 13.8 Å². The molecule has 3 aromatic rings. The van der Waals surface area contributed by atoms with Gasteiger partial charge in [0.15, 0.2) is 17.3 Å². The van der Waals surface area contributed by atoms with Crippen molar-refractivity contribution in [1.82, 2.24) is 14.5 Å². The van der Waals surface area contributed by atoms with Gasteiger partial charge in [0.2, 0.25) is 0 Å². The molecular formula is C26H25F2N5O2. The van der Waals surface area contributed by atoms with E-state index < -0.39 is 11.6 Å². The number of halogens is 2. The first-order valence-corrected chi connectivity index (χ1v) is 11.6. The van der Waals surface area contributed by atoms with Crippen LogP contribution in [-0.4, -0.2) is 46.6 Å². The van der Waals surface area contributed by atoms with E-state index >= 15 is 0 Å². The minimum atomic E-state index is -0.691. The van der Waals surface area contributed by atoms with Crippen LogP contribution in [0.25, 0.3) is 17.1 Å². The van der Waals surface area contributed by atoms with E-state index in [2.05, 4.69) is 0 Å². The summed E-state index contributed by atoms with van der Waals surface area (Å²) in [6.07, 6.45) is 3.40. The van der Waals surface area contributed by atoms with E-state index in [0.717, 1.165) is 25.7 Å². The van der Waals surface area contributed by atoms with Gasteiger partial charge >= 0.3 is 0 Å². The minimum Gasteiger partial charge on any atom is -0.494 e. The zero-order chi connectivity index (χ0) is 24.7. The second-order valence-electron chi connectivity index (χ2n) is 9.06. The Hall–Kier alpha value is -3.77. The number of likely N-dealkylation sites (tertiary alicyclic amines) is 1. The number of aromatic nitrogens is 2. The molecule has 0 bridgehead atoms. The zero-order valence-electron chi connectivity index (χ0n) is 19.3. The number of nitrogens with two attached hydrogens (primary N) is 1. The Balaban J connectivity index is 1.71. The average Bonchev–Trinajstić information content (AvgIpc) is 3.62. The van der Waals surface area contributed by atoms with E-state index in [1.54, 1.807) is 21.6 Å². The molecule has 1 atom stereocenters. The average molecular weight is 478 g/mol. The molecule has 2 fully saturated rings. The summed E-state index contributed by atoms with van der Waals surface area (Å²) >= 11 is 0. The molecule has 9 heteroatoms. The maximum Gasteiger partial charge on any atom is 0.274 e. The molecule has 1 aliphatic carbocycles. The molecule has 2 heterocycles. The van der Waals surface area contributed by atoms with Crippen molar-refractivity contribution in [3.8, 4) is 28.9 Å². The van der Waals surface area contributed by atoms with Gasteiger partial charge < -0.3 is 15.4 Å². The van der Waals surface area contributed by atoms with Crippen LogP contribution >= 0.6 is 0 Å².